The van der Waals surface area contributed by atoms with Crippen LogP contribution >= 0.6 is 0 Å². The quantitative estimate of drug-likeness (QED) is 0.444. The molecule has 0 atom stereocenters. The Bertz CT molecular complexity index is 1350. The molecule has 8 rings (SSSR count). The molecule has 4 fully saturated rings. The van der Waals surface area contributed by atoms with Gasteiger partial charge in [0, 0.05) is 41.9 Å². The average Bonchev–Trinajstić information content (AvgIpc) is 3.31. The van der Waals surface area contributed by atoms with Gasteiger partial charge in [-0.15, -0.1) is 0 Å². The Kier molecular flexibility index (Phi) is 5.31. The molecule has 3 aromatic rings. The fraction of sp³-hybridized carbons (Fsp3) is 0.438. The molecule has 5 aliphatic rings. The number of hydrogen-bond acceptors (Lipinski definition) is 3. The van der Waals surface area contributed by atoms with Crippen molar-refractivity contribution in [1.82, 2.24) is 4.90 Å². The monoisotopic (exact) mass is 494 g/mol. The molecule has 37 heavy (non-hydrogen) atoms. The van der Waals surface area contributed by atoms with E-state index in [1.807, 2.05) is 60.4 Å². The number of nitrogens with zero attached hydrogens (tertiary/aromatic N) is 1. The highest BCUT2D eigenvalue weighted by atomic mass is 16.3. The van der Waals surface area contributed by atoms with Crippen molar-refractivity contribution in [2.24, 2.45) is 23.2 Å². The average molecular weight is 495 g/mol. The lowest BCUT2D eigenvalue weighted by atomic mass is 9.49. The molecule has 4 bridgehead atoms. The van der Waals surface area contributed by atoms with Crippen molar-refractivity contribution >= 4 is 17.5 Å². The van der Waals surface area contributed by atoms with Crippen LogP contribution in [0, 0.1) is 30.1 Å². The third kappa shape index (κ3) is 4.09. The van der Waals surface area contributed by atoms with Crippen LogP contribution in [0.15, 0.2) is 59.0 Å². The van der Waals surface area contributed by atoms with Crippen molar-refractivity contribution in [1.29, 1.82) is 0 Å². The van der Waals surface area contributed by atoms with E-state index in [9.17, 15) is 9.59 Å². The molecule has 1 N–H and O–H groups in total. The number of nitrogens with one attached hydrogen (secondary N) is 1. The van der Waals surface area contributed by atoms with Crippen molar-refractivity contribution in [2.75, 3.05) is 11.9 Å². The highest BCUT2D eigenvalue weighted by molar-refractivity contribution is 5.96. The van der Waals surface area contributed by atoms with Gasteiger partial charge in [0.05, 0.1) is 5.41 Å². The molecule has 5 heteroatoms. The van der Waals surface area contributed by atoms with Gasteiger partial charge in [0.2, 0.25) is 5.91 Å². The third-order valence-electron chi connectivity index (χ3n) is 9.34. The Hall–Kier alpha value is -3.34. The Balaban J connectivity index is 1.07. The van der Waals surface area contributed by atoms with Crippen LogP contribution in [0.1, 0.15) is 65.8 Å². The molecule has 1 aliphatic heterocycles. The smallest absolute Gasteiger partial charge is 0.254 e. The lowest BCUT2D eigenvalue weighted by Gasteiger charge is -2.55. The van der Waals surface area contributed by atoms with Gasteiger partial charge in [-0.3, -0.25) is 9.59 Å². The van der Waals surface area contributed by atoms with E-state index in [1.165, 1.54) is 19.3 Å². The van der Waals surface area contributed by atoms with Gasteiger partial charge in [0.1, 0.15) is 11.5 Å². The number of carbonyl (C=O) groups excluding carboxylic acids is 2. The van der Waals surface area contributed by atoms with Crippen molar-refractivity contribution in [3.63, 3.8) is 0 Å². The van der Waals surface area contributed by atoms with Crippen LogP contribution < -0.4 is 5.32 Å². The van der Waals surface area contributed by atoms with Crippen LogP contribution in [-0.4, -0.2) is 23.3 Å². The summed E-state index contributed by atoms with van der Waals surface area (Å²) in [5, 5.41) is 3.28. The molecular formula is C32H34N2O3. The van der Waals surface area contributed by atoms with Crippen molar-refractivity contribution in [3.05, 3.63) is 77.0 Å². The molecule has 4 saturated carbocycles. The summed E-state index contributed by atoms with van der Waals surface area (Å²) < 4.78 is 6.25. The number of benzene rings is 2. The normalized spacial score (nSPS) is 27.7. The molecule has 5 nitrogen and oxygen atoms in total. The summed E-state index contributed by atoms with van der Waals surface area (Å²) in [6, 6.07) is 17.9. The minimum absolute atomic E-state index is 0.0616. The highest BCUT2D eigenvalue weighted by Gasteiger charge is 2.54. The molecule has 0 spiro atoms. The number of rotatable bonds is 4. The number of anilines is 1. The Morgan fingerprint density at radius 2 is 1.68 bits per heavy atom. The minimum atomic E-state index is -0.165. The summed E-state index contributed by atoms with van der Waals surface area (Å²) >= 11 is 0. The number of aryl methyl sites for hydroxylation is 1. The van der Waals surface area contributed by atoms with Crippen LogP contribution in [0.4, 0.5) is 5.69 Å². The SMILES string of the molecule is Cc1cccc(C(=O)N2CCc3oc(-c4cccc(NC(=O)C56CC7CC(CC(C7)C5)C6)c4)cc3C2)c1. The van der Waals surface area contributed by atoms with Crippen LogP contribution in [0.2, 0.25) is 0 Å². The van der Waals surface area contributed by atoms with E-state index < -0.39 is 0 Å². The summed E-state index contributed by atoms with van der Waals surface area (Å²) in [6.07, 6.45) is 7.89. The van der Waals surface area contributed by atoms with E-state index in [0.717, 1.165) is 76.5 Å². The van der Waals surface area contributed by atoms with E-state index >= 15 is 0 Å². The summed E-state index contributed by atoms with van der Waals surface area (Å²) in [5.74, 6) is 4.26. The van der Waals surface area contributed by atoms with E-state index in [2.05, 4.69) is 11.4 Å². The summed E-state index contributed by atoms with van der Waals surface area (Å²) in [7, 11) is 0. The maximum absolute atomic E-state index is 13.5. The fourth-order valence-electron chi connectivity index (χ4n) is 8.01. The van der Waals surface area contributed by atoms with Crippen molar-refractivity contribution < 1.29 is 14.0 Å². The Morgan fingerprint density at radius 1 is 0.946 bits per heavy atom. The molecule has 2 aromatic carbocycles. The number of hydrogen-bond donors (Lipinski definition) is 1. The van der Waals surface area contributed by atoms with Gasteiger partial charge < -0.3 is 14.6 Å². The van der Waals surface area contributed by atoms with Gasteiger partial charge >= 0.3 is 0 Å². The van der Waals surface area contributed by atoms with Gasteiger partial charge in [-0.1, -0.05) is 29.8 Å². The predicted molar refractivity (Wildman–Crippen MR) is 143 cm³/mol. The van der Waals surface area contributed by atoms with Gasteiger partial charge in [-0.2, -0.15) is 0 Å². The topological polar surface area (TPSA) is 62.6 Å². The molecule has 190 valence electrons. The lowest BCUT2D eigenvalue weighted by Crippen LogP contribution is -2.51. The highest BCUT2D eigenvalue weighted by Crippen LogP contribution is 2.60. The van der Waals surface area contributed by atoms with E-state index in [-0.39, 0.29) is 17.2 Å². The first-order valence-corrected chi connectivity index (χ1v) is 13.8. The molecule has 2 heterocycles. The van der Waals surface area contributed by atoms with Gasteiger partial charge in [-0.25, -0.2) is 0 Å². The second kappa shape index (κ2) is 8.61. The maximum atomic E-state index is 13.5. The van der Waals surface area contributed by atoms with Crippen LogP contribution in [-0.2, 0) is 17.8 Å². The number of carbonyl (C=O) groups is 2. The lowest BCUT2D eigenvalue weighted by molar-refractivity contribution is -0.140. The van der Waals surface area contributed by atoms with Crippen LogP contribution in [0.25, 0.3) is 11.3 Å². The molecule has 2 amide bonds. The standard InChI is InChI=1S/C32H34N2O3/c1-20-4-2-6-25(10-20)30(35)34-9-8-28-26(19-34)15-29(37-28)24-5-3-7-27(14-24)33-31(36)32-16-21-11-22(17-32)13-23(12-21)18-32/h2-7,10,14-15,21-23H,8-9,11-13,16-19H2,1H3,(H,33,36). The molecule has 0 unspecified atom stereocenters. The second-order valence-electron chi connectivity index (χ2n) is 12.1. The molecule has 4 aliphatic carbocycles. The first-order chi connectivity index (χ1) is 17.9. The largest absolute Gasteiger partial charge is 0.461 e. The fourth-order valence-corrected chi connectivity index (χ4v) is 8.01. The zero-order valence-corrected chi connectivity index (χ0v) is 21.5. The van der Waals surface area contributed by atoms with Crippen molar-refractivity contribution in [2.45, 2.75) is 58.4 Å². The first-order valence-electron chi connectivity index (χ1n) is 13.8. The van der Waals surface area contributed by atoms with Gasteiger partial charge in [0.25, 0.3) is 5.91 Å². The minimum Gasteiger partial charge on any atom is -0.461 e. The third-order valence-corrected chi connectivity index (χ3v) is 9.34. The second-order valence-corrected chi connectivity index (χ2v) is 12.1. The van der Waals surface area contributed by atoms with Crippen LogP contribution in [0.5, 0.6) is 0 Å². The number of amides is 2. The summed E-state index contributed by atoms with van der Waals surface area (Å²) in [4.78, 5) is 28.5. The maximum Gasteiger partial charge on any atom is 0.254 e. The molecule has 0 saturated heterocycles. The number of furan rings is 1. The molecular weight excluding hydrogens is 460 g/mol. The number of fused-ring (bicyclic) bond motifs is 1. The first kappa shape index (κ1) is 22.8. The summed E-state index contributed by atoms with van der Waals surface area (Å²) in [5.41, 5.74) is 4.50. The zero-order chi connectivity index (χ0) is 25.1. The zero-order valence-electron chi connectivity index (χ0n) is 21.5. The van der Waals surface area contributed by atoms with E-state index in [1.54, 1.807) is 0 Å². The Labute approximate surface area is 218 Å². The van der Waals surface area contributed by atoms with Gasteiger partial charge in [0.15, 0.2) is 0 Å². The van der Waals surface area contributed by atoms with E-state index in [0.29, 0.717) is 19.5 Å². The molecule has 0 radical (unpaired) electrons. The predicted octanol–water partition coefficient (Wildman–Crippen LogP) is 6.61. The van der Waals surface area contributed by atoms with Gasteiger partial charge in [-0.05, 0) is 93.5 Å². The van der Waals surface area contributed by atoms with Crippen molar-refractivity contribution in [3.8, 4) is 11.3 Å². The molecule has 1 aromatic heterocycles. The van der Waals surface area contributed by atoms with Crippen LogP contribution in [0.3, 0.4) is 0 Å². The summed E-state index contributed by atoms with van der Waals surface area (Å²) in [6.45, 7) is 3.20. The van der Waals surface area contributed by atoms with E-state index in [4.69, 9.17) is 4.42 Å². The Morgan fingerprint density at radius 3 is 2.41 bits per heavy atom.